The predicted molar refractivity (Wildman–Crippen MR) is 88.1 cm³/mol. The molecule has 1 atom stereocenters. The summed E-state index contributed by atoms with van der Waals surface area (Å²) in [6.07, 6.45) is 7.70. The SMILES string of the molecule is CCCCC(CCC)n1c(C(C)C)cnc1SCC(=O)O. The van der Waals surface area contributed by atoms with Gasteiger partial charge in [-0.05, 0) is 18.8 Å². The normalized spacial score (nSPS) is 12.8. The standard InChI is InChI=1S/C16H28N2O2S/c1-5-7-9-13(8-6-2)18-14(12(3)4)10-17-16(18)21-11-15(19)20/h10,12-13H,5-9,11H2,1-4H3,(H,19,20). The van der Waals surface area contributed by atoms with Crippen molar-refractivity contribution in [2.75, 3.05) is 5.75 Å². The number of carbonyl (C=O) groups is 1. The number of carboxylic acid groups (broad SMARTS) is 1. The topological polar surface area (TPSA) is 55.1 Å². The maximum absolute atomic E-state index is 10.8. The third-order valence-electron chi connectivity index (χ3n) is 3.59. The van der Waals surface area contributed by atoms with Crippen LogP contribution >= 0.6 is 11.8 Å². The molecule has 1 rings (SSSR count). The second-order valence-electron chi connectivity index (χ2n) is 5.76. The molecule has 0 saturated heterocycles. The van der Waals surface area contributed by atoms with Crippen LogP contribution in [-0.4, -0.2) is 26.4 Å². The highest BCUT2D eigenvalue weighted by molar-refractivity contribution is 7.99. The van der Waals surface area contributed by atoms with E-state index in [2.05, 4.69) is 37.2 Å². The number of hydrogen-bond acceptors (Lipinski definition) is 3. The highest BCUT2D eigenvalue weighted by atomic mass is 32.2. The van der Waals surface area contributed by atoms with Gasteiger partial charge in [-0.15, -0.1) is 0 Å². The number of thioether (sulfide) groups is 1. The number of rotatable bonds is 10. The average molecular weight is 312 g/mol. The van der Waals surface area contributed by atoms with Crippen LogP contribution in [0.25, 0.3) is 0 Å². The lowest BCUT2D eigenvalue weighted by Crippen LogP contribution is -2.15. The molecule has 4 nitrogen and oxygen atoms in total. The van der Waals surface area contributed by atoms with E-state index in [0.29, 0.717) is 12.0 Å². The first-order chi connectivity index (χ1) is 10.0. The maximum atomic E-state index is 10.8. The van der Waals surface area contributed by atoms with Crippen molar-refractivity contribution in [1.82, 2.24) is 9.55 Å². The Bertz CT molecular complexity index is 443. The van der Waals surface area contributed by atoms with Crippen molar-refractivity contribution in [1.29, 1.82) is 0 Å². The lowest BCUT2D eigenvalue weighted by atomic mass is 10.0. The quantitative estimate of drug-likeness (QED) is 0.635. The molecule has 1 heterocycles. The summed E-state index contributed by atoms with van der Waals surface area (Å²) in [7, 11) is 0. The molecule has 5 heteroatoms. The van der Waals surface area contributed by atoms with E-state index >= 15 is 0 Å². The number of unbranched alkanes of at least 4 members (excludes halogenated alkanes) is 1. The van der Waals surface area contributed by atoms with Gasteiger partial charge in [0.05, 0.1) is 5.75 Å². The molecule has 1 N–H and O–H groups in total. The Morgan fingerprint density at radius 3 is 2.57 bits per heavy atom. The summed E-state index contributed by atoms with van der Waals surface area (Å²) in [5, 5.41) is 9.76. The van der Waals surface area contributed by atoms with E-state index in [1.807, 2.05) is 6.20 Å². The summed E-state index contributed by atoms with van der Waals surface area (Å²) in [5.41, 5.74) is 1.22. The number of imidazole rings is 1. The molecule has 0 radical (unpaired) electrons. The van der Waals surface area contributed by atoms with E-state index in [1.165, 1.54) is 30.3 Å². The monoisotopic (exact) mass is 312 g/mol. The molecule has 0 fully saturated rings. The zero-order valence-electron chi connectivity index (χ0n) is 13.6. The first-order valence-electron chi connectivity index (χ1n) is 7.92. The van der Waals surface area contributed by atoms with E-state index in [9.17, 15) is 4.79 Å². The van der Waals surface area contributed by atoms with Crippen LogP contribution in [0.3, 0.4) is 0 Å². The molecule has 1 aromatic rings. The smallest absolute Gasteiger partial charge is 0.313 e. The van der Waals surface area contributed by atoms with Gasteiger partial charge in [0, 0.05) is 17.9 Å². The van der Waals surface area contributed by atoms with Gasteiger partial charge in [-0.1, -0.05) is 58.7 Å². The first kappa shape index (κ1) is 18.1. The minimum Gasteiger partial charge on any atom is -0.481 e. The Kier molecular flexibility index (Phi) is 7.86. The summed E-state index contributed by atoms with van der Waals surface area (Å²) in [6, 6.07) is 0.436. The summed E-state index contributed by atoms with van der Waals surface area (Å²) in [6.45, 7) is 8.75. The molecule has 0 aromatic carbocycles. The van der Waals surface area contributed by atoms with Crippen LogP contribution in [0.15, 0.2) is 11.4 Å². The molecule has 120 valence electrons. The van der Waals surface area contributed by atoms with Crippen LogP contribution < -0.4 is 0 Å². The van der Waals surface area contributed by atoms with Crippen molar-refractivity contribution >= 4 is 17.7 Å². The Hall–Kier alpha value is -0.970. The molecule has 0 aliphatic rings. The largest absolute Gasteiger partial charge is 0.481 e. The fraction of sp³-hybridized carbons (Fsp3) is 0.750. The first-order valence-corrected chi connectivity index (χ1v) is 8.91. The van der Waals surface area contributed by atoms with Gasteiger partial charge in [-0.3, -0.25) is 4.79 Å². The second kappa shape index (κ2) is 9.13. The predicted octanol–water partition coefficient (Wildman–Crippen LogP) is 4.71. The molecule has 0 bridgehead atoms. The minimum atomic E-state index is -0.791. The third-order valence-corrected chi connectivity index (χ3v) is 4.54. The molecule has 0 amide bonds. The molecular weight excluding hydrogens is 284 g/mol. The highest BCUT2D eigenvalue weighted by Crippen LogP contribution is 2.32. The van der Waals surface area contributed by atoms with E-state index < -0.39 is 5.97 Å². The Morgan fingerprint density at radius 2 is 2.05 bits per heavy atom. The van der Waals surface area contributed by atoms with Crippen LogP contribution in [0.2, 0.25) is 0 Å². The zero-order chi connectivity index (χ0) is 15.8. The molecule has 0 aliphatic heterocycles. The van der Waals surface area contributed by atoms with Gasteiger partial charge in [-0.2, -0.15) is 0 Å². The Balaban J connectivity index is 3.06. The molecule has 0 aliphatic carbocycles. The maximum Gasteiger partial charge on any atom is 0.313 e. The minimum absolute atomic E-state index is 0.0706. The van der Waals surface area contributed by atoms with Crippen molar-refractivity contribution in [3.63, 3.8) is 0 Å². The van der Waals surface area contributed by atoms with Crippen LogP contribution in [0.5, 0.6) is 0 Å². The fourth-order valence-electron chi connectivity index (χ4n) is 2.56. The van der Waals surface area contributed by atoms with Crippen LogP contribution in [0, 0.1) is 0 Å². The van der Waals surface area contributed by atoms with Crippen molar-refractivity contribution in [2.45, 2.75) is 76.9 Å². The van der Waals surface area contributed by atoms with Gasteiger partial charge >= 0.3 is 5.97 Å². The number of carboxylic acids is 1. The number of nitrogens with zero attached hydrogens (tertiary/aromatic N) is 2. The highest BCUT2D eigenvalue weighted by Gasteiger charge is 2.20. The van der Waals surface area contributed by atoms with Crippen LogP contribution in [0.1, 0.15) is 77.5 Å². The van der Waals surface area contributed by atoms with Gasteiger partial charge < -0.3 is 9.67 Å². The molecular formula is C16H28N2O2S. The summed E-state index contributed by atoms with van der Waals surface area (Å²) < 4.78 is 2.30. The lowest BCUT2D eigenvalue weighted by molar-refractivity contribution is -0.133. The fourth-order valence-corrected chi connectivity index (χ4v) is 3.33. The summed E-state index contributed by atoms with van der Waals surface area (Å²) in [5.74, 6) is -0.319. The van der Waals surface area contributed by atoms with Gasteiger partial charge in [0.25, 0.3) is 0 Å². The van der Waals surface area contributed by atoms with Crippen LogP contribution in [-0.2, 0) is 4.79 Å². The zero-order valence-corrected chi connectivity index (χ0v) is 14.4. The van der Waals surface area contributed by atoms with Crippen molar-refractivity contribution < 1.29 is 9.90 Å². The lowest BCUT2D eigenvalue weighted by Gasteiger charge is -2.24. The second-order valence-corrected chi connectivity index (χ2v) is 6.70. The van der Waals surface area contributed by atoms with Gasteiger partial charge in [0.1, 0.15) is 0 Å². The van der Waals surface area contributed by atoms with Gasteiger partial charge in [0.2, 0.25) is 0 Å². The van der Waals surface area contributed by atoms with E-state index in [-0.39, 0.29) is 5.75 Å². The molecule has 21 heavy (non-hydrogen) atoms. The number of hydrogen-bond donors (Lipinski definition) is 1. The molecule has 0 spiro atoms. The Labute approximate surface area is 132 Å². The molecule has 1 aromatic heterocycles. The molecule has 1 unspecified atom stereocenters. The number of aliphatic carboxylic acids is 1. The van der Waals surface area contributed by atoms with Gasteiger partial charge in [0.15, 0.2) is 5.16 Å². The molecule has 0 saturated carbocycles. The van der Waals surface area contributed by atoms with E-state index in [0.717, 1.165) is 24.4 Å². The van der Waals surface area contributed by atoms with Crippen molar-refractivity contribution in [3.8, 4) is 0 Å². The average Bonchev–Trinajstić information content (AvgIpc) is 2.85. The third kappa shape index (κ3) is 5.38. The Morgan fingerprint density at radius 1 is 1.33 bits per heavy atom. The van der Waals surface area contributed by atoms with Crippen molar-refractivity contribution in [2.24, 2.45) is 0 Å². The number of aromatic nitrogens is 2. The van der Waals surface area contributed by atoms with Crippen LogP contribution in [0.4, 0.5) is 0 Å². The van der Waals surface area contributed by atoms with Gasteiger partial charge in [-0.25, -0.2) is 4.98 Å². The summed E-state index contributed by atoms with van der Waals surface area (Å²) >= 11 is 1.33. The summed E-state index contributed by atoms with van der Waals surface area (Å²) in [4.78, 5) is 15.3. The van der Waals surface area contributed by atoms with E-state index in [1.54, 1.807) is 0 Å². The van der Waals surface area contributed by atoms with E-state index in [4.69, 9.17) is 5.11 Å². The van der Waals surface area contributed by atoms with Crippen molar-refractivity contribution in [3.05, 3.63) is 11.9 Å².